The zero-order chi connectivity index (χ0) is 16.3. The van der Waals surface area contributed by atoms with Crippen molar-refractivity contribution in [2.45, 2.75) is 27.7 Å². The Bertz CT molecular complexity index is 719. The van der Waals surface area contributed by atoms with E-state index in [4.69, 9.17) is 11.3 Å². The summed E-state index contributed by atoms with van der Waals surface area (Å²) in [4.78, 5) is 0. The number of aryl methyl sites for hydroxylation is 1. The van der Waals surface area contributed by atoms with Gasteiger partial charge in [-0.25, -0.2) is 0 Å². The zero-order valence-corrected chi connectivity index (χ0v) is 13.5. The molecule has 0 radical (unpaired) electrons. The molecule has 4 heteroatoms. The van der Waals surface area contributed by atoms with E-state index in [9.17, 15) is 0 Å². The van der Waals surface area contributed by atoms with Gasteiger partial charge in [0.15, 0.2) is 5.84 Å². The van der Waals surface area contributed by atoms with Gasteiger partial charge in [-0.05, 0) is 36.6 Å². The first-order valence-electron chi connectivity index (χ1n) is 7.25. The van der Waals surface area contributed by atoms with Crippen LogP contribution in [0.4, 0.5) is 0 Å². The fourth-order valence-electron chi connectivity index (χ4n) is 2.52. The summed E-state index contributed by atoms with van der Waals surface area (Å²) in [5.74, 6) is 0.254. The second kappa shape index (κ2) is 6.10. The molecule has 0 heterocycles. The molecule has 0 saturated heterocycles. The van der Waals surface area contributed by atoms with E-state index in [1.165, 1.54) is 16.7 Å². The minimum atomic E-state index is -0.00256. The average molecular weight is 294 g/mol. The van der Waals surface area contributed by atoms with Crippen molar-refractivity contribution in [1.29, 1.82) is 5.53 Å². The molecule has 0 unspecified atom stereocenters. The van der Waals surface area contributed by atoms with E-state index in [2.05, 4.69) is 62.3 Å². The van der Waals surface area contributed by atoms with Gasteiger partial charge in [0, 0.05) is 11.0 Å². The Balaban J connectivity index is 2.64. The van der Waals surface area contributed by atoms with Gasteiger partial charge in [0.1, 0.15) is 0 Å². The molecule has 0 saturated carbocycles. The van der Waals surface area contributed by atoms with Crippen LogP contribution in [0.1, 0.15) is 37.5 Å². The molecule has 1 aromatic rings. The van der Waals surface area contributed by atoms with Crippen molar-refractivity contribution in [2.75, 3.05) is 0 Å². The van der Waals surface area contributed by atoms with Gasteiger partial charge < -0.3 is 5.73 Å². The molecule has 1 aliphatic rings. The van der Waals surface area contributed by atoms with E-state index in [-0.39, 0.29) is 11.3 Å². The summed E-state index contributed by atoms with van der Waals surface area (Å²) in [7, 11) is 0. The van der Waals surface area contributed by atoms with Crippen LogP contribution in [0.25, 0.3) is 5.57 Å². The van der Waals surface area contributed by atoms with E-state index < -0.39 is 0 Å². The van der Waals surface area contributed by atoms with Crippen LogP contribution in [0.5, 0.6) is 0 Å². The van der Waals surface area contributed by atoms with Gasteiger partial charge in [-0.1, -0.05) is 61.1 Å². The maximum atomic E-state index is 6.82. The number of benzene rings is 1. The second-order valence-corrected chi connectivity index (χ2v) is 6.09. The number of nitrogens with one attached hydrogen (secondary N) is 1. The topological polar surface area (TPSA) is 74.6 Å². The van der Waals surface area contributed by atoms with Crippen molar-refractivity contribution in [3.05, 3.63) is 64.8 Å². The molecule has 22 heavy (non-hydrogen) atoms. The lowest BCUT2D eigenvalue weighted by Crippen LogP contribution is -2.14. The summed E-state index contributed by atoms with van der Waals surface area (Å²) in [6, 6.07) is 5.95. The van der Waals surface area contributed by atoms with Crippen LogP contribution in [-0.4, -0.2) is 5.84 Å². The van der Waals surface area contributed by atoms with Gasteiger partial charge in [-0.2, -0.15) is 5.53 Å². The summed E-state index contributed by atoms with van der Waals surface area (Å²) >= 11 is 0. The monoisotopic (exact) mass is 294 g/mol. The standard InChI is InChI=1S/C18H22N4/c1-12-8-9-14(17(19)21-22-20)11-16(12)15-7-5-6-10-18(3,4)13(15)2/h5-11H,1-4H3,(H3,19,20,21). The molecule has 0 spiro atoms. The molecule has 0 amide bonds. The molecule has 0 aliphatic heterocycles. The molecule has 0 fully saturated rings. The maximum absolute atomic E-state index is 6.82. The number of allylic oxidation sites excluding steroid dienone is 6. The van der Waals surface area contributed by atoms with Gasteiger partial charge in [0.2, 0.25) is 0 Å². The molecular formula is C18H22N4. The van der Waals surface area contributed by atoms with Crippen LogP contribution in [-0.2, 0) is 0 Å². The molecular weight excluding hydrogens is 272 g/mol. The Labute approximate surface area is 131 Å². The quantitative estimate of drug-likeness (QED) is 0.364. The second-order valence-electron chi connectivity index (χ2n) is 6.09. The number of hydrogen-bond acceptors (Lipinski definition) is 2. The zero-order valence-electron chi connectivity index (χ0n) is 13.5. The third kappa shape index (κ3) is 3.06. The van der Waals surface area contributed by atoms with Gasteiger partial charge in [-0.3, -0.25) is 0 Å². The van der Waals surface area contributed by atoms with Crippen LogP contribution in [0.3, 0.4) is 0 Å². The van der Waals surface area contributed by atoms with Gasteiger partial charge in [0.05, 0.1) is 0 Å². The van der Waals surface area contributed by atoms with E-state index in [0.717, 1.165) is 11.1 Å². The molecule has 2 rings (SSSR count). The van der Waals surface area contributed by atoms with E-state index in [0.29, 0.717) is 0 Å². The summed E-state index contributed by atoms with van der Waals surface area (Å²) in [5, 5.41) is 6.62. The molecule has 0 aromatic heterocycles. The van der Waals surface area contributed by atoms with E-state index in [1.54, 1.807) is 0 Å². The van der Waals surface area contributed by atoms with Crippen molar-refractivity contribution >= 4 is 11.4 Å². The van der Waals surface area contributed by atoms with Crippen molar-refractivity contribution in [3.8, 4) is 0 Å². The third-order valence-corrected chi connectivity index (χ3v) is 4.24. The normalized spacial score (nSPS) is 17.5. The Morgan fingerprint density at radius 3 is 2.59 bits per heavy atom. The van der Waals surface area contributed by atoms with E-state index >= 15 is 0 Å². The lowest BCUT2D eigenvalue weighted by atomic mass is 9.80. The summed E-state index contributed by atoms with van der Waals surface area (Å²) in [6.45, 7) is 8.67. The number of nitrogens with two attached hydrogens (primary N) is 1. The lowest BCUT2D eigenvalue weighted by Gasteiger charge is -2.24. The summed E-state index contributed by atoms with van der Waals surface area (Å²) in [6.07, 6.45) is 8.50. The first-order valence-corrected chi connectivity index (χ1v) is 7.25. The Hall–Kier alpha value is -2.49. The summed E-state index contributed by atoms with van der Waals surface area (Å²) in [5.41, 5.74) is 18.3. The van der Waals surface area contributed by atoms with Gasteiger partial charge in [-0.15, -0.1) is 5.10 Å². The molecule has 4 nitrogen and oxygen atoms in total. The highest BCUT2D eigenvalue weighted by Crippen LogP contribution is 2.37. The largest absolute Gasteiger partial charge is 0.382 e. The van der Waals surface area contributed by atoms with Crippen LogP contribution in [0.2, 0.25) is 0 Å². The first kappa shape index (κ1) is 15.9. The highest BCUT2D eigenvalue weighted by molar-refractivity contribution is 5.98. The van der Waals surface area contributed by atoms with Crippen LogP contribution in [0, 0.1) is 17.9 Å². The third-order valence-electron chi connectivity index (χ3n) is 4.24. The minimum absolute atomic E-state index is 0.00256. The maximum Gasteiger partial charge on any atom is 0.155 e. The van der Waals surface area contributed by atoms with Gasteiger partial charge >= 0.3 is 0 Å². The predicted molar refractivity (Wildman–Crippen MR) is 91.7 cm³/mol. The smallest absolute Gasteiger partial charge is 0.155 e. The Morgan fingerprint density at radius 1 is 1.18 bits per heavy atom. The molecule has 1 aliphatic carbocycles. The fraction of sp³-hybridized carbons (Fsp3) is 0.278. The average Bonchev–Trinajstić information content (AvgIpc) is 2.60. The molecule has 0 bridgehead atoms. The highest BCUT2D eigenvalue weighted by atomic mass is 15.3. The van der Waals surface area contributed by atoms with Crippen molar-refractivity contribution in [2.24, 2.45) is 21.5 Å². The number of rotatable bonds is 3. The number of amidine groups is 1. The predicted octanol–water partition coefficient (Wildman–Crippen LogP) is 4.57. The SMILES string of the molecule is CC1=C(c2cc(C(N)=NN=N)ccc2C)C=CC=CC1(C)C. The lowest BCUT2D eigenvalue weighted by molar-refractivity contribution is 0.583. The van der Waals surface area contributed by atoms with Crippen molar-refractivity contribution in [1.82, 2.24) is 0 Å². The Morgan fingerprint density at radius 2 is 1.91 bits per heavy atom. The molecule has 114 valence electrons. The van der Waals surface area contributed by atoms with Crippen molar-refractivity contribution in [3.63, 3.8) is 0 Å². The first-order chi connectivity index (χ1) is 10.4. The number of hydrogen-bond donors (Lipinski definition) is 2. The number of nitrogens with zero attached hydrogens (tertiary/aromatic N) is 2. The van der Waals surface area contributed by atoms with Crippen molar-refractivity contribution < 1.29 is 0 Å². The summed E-state index contributed by atoms with van der Waals surface area (Å²) < 4.78 is 0. The molecule has 1 aromatic carbocycles. The fourth-order valence-corrected chi connectivity index (χ4v) is 2.52. The Kier molecular flexibility index (Phi) is 4.40. The molecule has 3 N–H and O–H groups in total. The van der Waals surface area contributed by atoms with Crippen LogP contribution >= 0.6 is 0 Å². The van der Waals surface area contributed by atoms with Gasteiger partial charge in [0.25, 0.3) is 0 Å². The highest BCUT2D eigenvalue weighted by Gasteiger charge is 2.21. The van der Waals surface area contributed by atoms with Crippen LogP contribution < -0.4 is 5.73 Å². The van der Waals surface area contributed by atoms with Crippen LogP contribution in [0.15, 0.2) is 58.4 Å². The minimum Gasteiger partial charge on any atom is -0.382 e. The van der Waals surface area contributed by atoms with E-state index in [1.807, 2.05) is 18.2 Å². The molecule has 0 atom stereocenters.